The number of hydrogen-bond donors (Lipinski definition) is 3. The maximum absolute atomic E-state index is 12.1. The summed E-state index contributed by atoms with van der Waals surface area (Å²) >= 11 is 0. The molecular formula is C15H21N3O3. The summed E-state index contributed by atoms with van der Waals surface area (Å²) in [7, 11) is 0. The zero-order chi connectivity index (χ0) is 15.2. The maximum atomic E-state index is 12.1. The maximum Gasteiger partial charge on any atom is 0.251 e. The molecule has 0 bridgehead atoms. The summed E-state index contributed by atoms with van der Waals surface area (Å²) in [6.07, 6.45) is 2.08. The molecule has 6 heteroatoms. The molecule has 1 aromatic rings. The molecule has 4 N–H and O–H groups in total. The molecule has 0 unspecified atom stereocenters. The SMILES string of the molecule is CCCCOc1ccc(C(=O)N[C@H]2C(=O)N[C@H]2CN)cc1. The fraction of sp³-hybridized carbons (Fsp3) is 0.467. The summed E-state index contributed by atoms with van der Waals surface area (Å²) in [5.41, 5.74) is 5.99. The average molecular weight is 291 g/mol. The average Bonchev–Trinajstić information content (AvgIpc) is 2.50. The number of β-lactam (4-membered cyclic amide) rings is 1. The van der Waals surface area contributed by atoms with Gasteiger partial charge in [-0.05, 0) is 30.7 Å². The van der Waals surface area contributed by atoms with Gasteiger partial charge in [-0.2, -0.15) is 0 Å². The molecule has 1 saturated heterocycles. The summed E-state index contributed by atoms with van der Waals surface area (Å²) in [6.45, 7) is 3.07. The molecule has 1 heterocycles. The topological polar surface area (TPSA) is 93.4 Å². The molecule has 2 atom stereocenters. The van der Waals surface area contributed by atoms with E-state index in [0.29, 0.717) is 18.7 Å². The molecule has 1 aromatic carbocycles. The van der Waals surface area contributed by atoms with Crippen molar-refractivity contribution in [2.24, 2.45) is 5.73 Å². The van der Waals surface area contributed by atoms with Crippen LogP contribution in [-0.4, -0.2) is 37.0 Å². The molecular weight excluding hydrogens is 270 g/mol. The zero-order valence-electron chi connectivity index (χ0n) is 12.1. The predicted molar refractivity (Wildman–Crippen MR) is 79.1 cm³/mol. The second kappa shape index (κ2) is 7.08. The van der Waals surface area contributed by atoms with Gasteiger partial charge in [0.05, 0.1) is 12.6 Å². The largest absolute Gasteiger partial charge is 0.494 e. The highest BCUT2D eigenvalue weighted by Crippen LogP contribution is 2.13. The van der Waals surface area contributed by atoms with Crippen LogP contribution in [0, 0.1) is 0 Å². The van der Waals surface area contributed by atoms with Crippen LogP contribution in [0.4, 0.5) is 0 Å². The van der Waals surface area contributed by atoms with Crippen LogP contribution >= 0.6 is 0 Å². The van der Waals surface area contributed by atoms with Gasteiger partial charge in [0.15, 0.2) is 0 Å². The number of nitrogens with one attached hydrogen (secondary N) is 2. The van der Waals surface area contributed by atoms with Crippen LogP contribution in [0.15, 0.2) is 24.3 Å². The molecule has 21 heavy (non-hydrogen) atoms. The number of unbranched alkanes of at least 4 members (excludes halogenated alkanes) is 1. The molecule has 0 saturated carbocycles. The van der Waals surface area contributed by atoms with E-state index in [1.807, 2.05) is 0 Å². The van der Waals surface area contributed by atoms with Gasteiger partial charge in [0.1, 0.15) is 11.8 Å². The normalized spacial score (nSPS) is 20.4. The molecule has 6 nitrogen and oxygen atoms in total. The first-order valence-electron chi connectivity index (χ1n) is 7.20. The van der Waals surface area contributed by atoms with E-state index in [2.05, 4.69) is 17.6 Å². The molecule has 2 rings (SSSR count). The monoisotopic (exact) mass is 291 g/mol. The molecule has 0 aromatic heterocycles. The summed E-state index contributed by atoms with van der Waals surface area (Å²) in [5, 5.41) is 5.32. The number of benzene rings is 1. The van der Waals surface area contributed by atoms with Crippen molar-refractivity contribution in [1.82, 2.24) is 10.6 Å². The Morgan fingerprint density at radius 2 is 2.10 bits per heavy atom. The van der Waals surface area contributed by atoms with Crippen LogP contribution in [-0.2, 0) is 4.79 Å². The van der Waals surface area contributed by atoms with Gasteiger partial charge in [-0.25, -0.2) is 0 Å². The van der Waals surface area contributed by atoms with Crippen LogP contribution in [0.25, 0.3) is 0 Å². The molecule has 0 aliphatic carbocycles. The zero-order valence-corrected chi connectivity index (χ0v) is 12.1. The number of carbonyl (C=O) groups excluding carboxylic acids is 2. The van der Waals surface area contributed by atoms with Gasteiger partial charge in [0.25, 0.3) is 5.91 Å². The lowest BCUT2D eigenvalue weighted by atomic mass is 9.98. The third-order valence-electron chi connectivity index (χ3n) is 3.44. The van der Waals surface area contributed by atoms with Crippen LogP contribution < -0.4 is 21.1 Å². The predicted octanol–water partition coefficient (Wildman–Crippen LogP) is 0.421. The Labute approximate surface area is 124 Å². The number of carbonyl (C=O) groups is 2. The Kier molecular flexibility index (Phi) is 5.16. The van der Waals surface area contributed by atoms with E-state index in [4.69, 9.17) is 10.5 Å². The fourth-order valence-electron chi connectivity index (χ4n) is 2.06. The van der Waals surface area contributed by atoms with E-state index < -0.39 is 6.04 Å². The third kappa shape index (κ3) is 3.72. The minimum absolute atomic E-state index is 0.182. The van der Waals surface area contributed by atoms with Crippen molar-refractivity contribution in [2.45, 2.75) is 31.8 Å². The third-order valence-corrected chi connectivity index (χ3v) is 3.44. The molecule has 114 valence electrons. The fourth-order valence-corrected chi connectivity index (χ4v) is 2.06. The van der Waals surface area contributed by atoms with Crippen molar-refractivity contribution in [3.05, 3.63) is 29.8 Å². The molecule has 1 aliphatic heterocycles. The van der Waals surface area contributed by atoms with Crippen molar-refractivity contribution in [3.8, 4) is 5.75 Å². The number of rotatable bonds is 7. The van der Waals surface area contributed by atoms with E-state index in [1.54, 1.807) is 24.3 Å². The first kappa shape index (κ1) is 15.3. The van der Waals surface area contributed by atoms with Crippen LogP contribution in [0.3, 0.4) is 0 Å². The Balaban J connectivity index is 1.89. The van der Waals surface area contributed by atoms with Crippen molar-refractivity contribution in [2.75, 3.05) is 13.2 Å². The van der Waals surface area contributed by atoms with Crippen molar-refractivity contribution >= 4 is 11.8 Å². The summed E-state index contributed by atoms with van der Waals surface area (Å²) in [5.74, 6) is 0.257. The molecule has 0 radical (unpaired) electrons. The van der Waals surface area contributed by atoms with Gasteiger partial charge in [-0.1, -0.05) is 13.3 Å². The number of nitrogens with two attached hydrogens (primary N) is 1. The minimum atomic E-state index is -0.539. The van der Waals surface area contributed by atoms with Crippen molar-refractivity contribution < 1.29 is 14.3 Å². The molecule has 0 spiro atoms. The highest BCUT2D eigenvalue weighted by Gasteiger charge is 2.39. The van der Waals surface area contributed by atoms with Gasteiger partial charge in [0.2, 0.25) is 5.91 Å². The van der Waals surface area contributed by atoms with E-state index in [9.17, 15) is 9.59 Å². The molecule has 2 amide bonds. The highest BCUT2D eigenvalue weighted by molar-refractivity contribution is 5.99. The molecule has 1 aliphatic rings. The van der Waals surface area contributed by atoms with Gasteiger partial charge in [-0.15, -0.1) is 0 Å². The lowest BCUT2D eigenvalue weighted by molar-refractivity contribution is -0.131. The first-order valence-corrected chi connectivity index (χ1v) is 7.20. The highest BCUT2D eigenvalue weighted by atomic mass is 16.5. The van der Waals surface area contributed by atoms with Gasteiger partial charge >= 0.3 is 0 Å². The first-order chi connectivity index (χ1) is 10.2. The summed E-state index contributed by atoms with van der Waals surface area (Å²) in [6, 6.07) is 6.16. The van der Waals surface area contributed by atoms with Crippen molar-refractivity contribution in [1.29, 1.82) is 0 Å². The van der Waals surface area contributed by atoms with Gasteiger partial charge in [0, 0.05) is 12.1 Å². The number of amides is 2. The second-order valence-electron chi connectivity index (χ2n) is 5.03. The van der Waals surface area contributed by atoms with Crippen LogP contribution in [0.2, 0.25) is 0 Å². The lowest BCUT2D eigenvalue weighted by Crippen LogP contribution is -2.71. The van der Waals surface area contributed by atoms with Gasteiger partial charge < -0.3 is 21.1 Å². The Morgan fingerprint density at radius 1 is 1.38 bits per heavy atom. The summed E-state index contributed by atoms with van der Waals surface area (Å²) < 4.78 is 5.53. The minimum Gasteiger partial charge on any atom is -0.494 e. The Bertz CT molecular complexity index is 501. The standard InChI is InChI=1S/C15H21N3O3/c1-2-3-8-21-11-6-4-10(5-7-11)14(19)18-13-12(9-16)17-15(13)20/h4-7,12-13H,2-3,8-9,16H2,1H3,(H,17,20)(H,18,19)/t12-,13+/m0/s1. The van der Waals surface area contributed by atoms with E-state index >= 15 is 0 Å². The van der Waals surface area contributed by atoms with Crippen molar-refractivity contribution in [3.63, 3.8) is 0 Å². The van der Waals surface area contributed by atoms with E-state index in [-0.39, 0.29) is 17.9 Å². The Morgan fingerprint density at radius 3 is 2.67 bits per heavy atom. The lowest BCUT2D eigenvalue weighted by Gasteiger charge is -2.36. The van der Waals surface area contributed by atoms with E-state index in [0.717, 1.165) is 18.6 Å². The molecule has 1 fully saturated rings. The second-order valence-corrected chi connectivity index (χ2v) is 5.03. The van der Waals surface area contributed by atoms with Crippen LogP contribution in [0.1, 0.15) is 30.1 Å². The summed E-state index contributed by atoms with van der Waals surface area (Å²) in [4.78, 5) is 23.4. The number of hydrogen-bond acceptors (Lipinski definition) is 4. The van der Waals surface area contributed by atoms with Crippen LogP contribution in [0.5, 0.6) is 5.75 Å². The quantitative estimate of drug-likeness (QED) is 0.501. The van der Waals surface area contributed by atoms with Gasteiger partial charge in [-0.3, -0.25) is 9.59 Å². The Hall–Kier alpha value is -2.08. The van der Waals surface area contributed by atoms with E-state index in [1.165, 1.54) is 0 Å². The smallest absolute Gasteiger partial charge is 0.251 e. The number of ether oxygens (including phenoxy) is 1.